The topological polar surface area (TPSA) is 0 Å². The van der Waals surface area contributed by atoms with E-state index in [1.54, 1.807) is 0 Å². The predicted octanol–water partition coefficient (Wildman–Crippen LogP) is -5.83. The van der Waals surface area contributed by atoms with Gasteiger partial charge in [-0.2, -0.15) is 0 Å². The Morgan fingerprint density at radius 1 is 0.750 bits per heavy atom. The van der Waals surface area contributed by atoms with Crippen LogP contribution in [0.3, 0.4) is 0 Å². The summed E-state index contributed by atoms with van der Waals surface area (Å²) in [7, 11) is 0. The molecule has 0 atom stereocenters. The van der Waals surface area contributed by atoms with Crippen molar-refractivity contribution < 1.29 is 37.7 Å². The van der Waals surface area contributed by atoms with E-state index in [-0.39, 0.29) is 37.7 Å². The molecule has 0 amide bonds. The molecule has 0 aromatic heterocycles. The van der Waals surface area contributed by atoms with Crippen LogP contribution in [0.25, 0.3) is 0 Å². The molecule has 0 aliphatic rings. The average Bonchev–Trinajstić information content (AvgIpc) is 1.00. The molecule has 4 heavy (non-hydrogen) atoms. The Morgan fingerprint density at radius 2 is 0.750 bits per heavy atom. The van der Waals surface area contributed by atoms with Crippen LogP contribution in [0.15, 0.2) is 0 Å². The average molecular weight is 37.9 g/mol. The molecule has 0 aromatic rings. The van der Waals surface area contributed by atoms with Crippen LogP contribution in [0.2, 0.25) is 0 Å². The Kier molecular flexibility index (Phi) is 272. The van der Waals surface area contributed by atoms with Gasteiger partial charge in [0.05, 0.1) is 0 Å². The Bertz CT molecular complexity index is 8.75. The van der Waals surface area contributed by atoms with E-state index < -0.39 is 0 Å². The Balaban J connectivity index is -0.00000000500. The zero-order chi connectivity index (χ0) is 2.00. The van der Waals surface area contributed by atoms with E-state index in [1.165, 1.54) is 0 Å². The molecular weight excluding hydrogens is 37.9 g/mol. The van der Waals surface area contributed by atoms with Gasteiger partial charge in [-0.1, -0.05) is 0 Å². The fourth-order valence-electron chi connectivity index (χ4n) is 0. The first-order valence-electron chi connectivity index (χ1n) is 0.250. The maximum absolute atomic E-state index is 5.00. The van der Waals surface area contributed by atoms with Gasteiger partial charge in [0, 0.05) is 0 Å². The Labute approximate surface area is 50.7 Å². The van der Waals surface area contributed by atoms with Crippen molar-refractivity contribution in [3.05, 3.63) is 12.8 Å². The molecule has 0 aromatic carbocycles. The number of hydrogen-bond donors (Lipinski definition) is 0. The third-order valence-corrected chi connectivity index (χ3v) is 0. The van der Waals surface area contributed by atoms with Crippen molar-refractivity contribution in [2.45, 2.75) is 0 Å². The second-order valence-corrected chi connectivity index (χ2v) is 0. The monoisotopic (exact) mass is 38.0 g/mol. The van der Waals surface area contributed by atoms with E-state index in [0.717, 1.165) is 0 Å². The molecule has 0 radical (unpaired) electrons. The van der Waals surface area contributed by atoms with Gasteiger partial charge in [-0.05, 0) is 0 Å². The van der Waals surface area contributed by atoms with Gasteiger partial charge in [-0.25, -0.2) is 0 Å². The number of hydrogen-bond acceptors (Lipinski definition) is 0. The minimum absolute atomic E-state index is 0. The van der Waals surface area contributed by atoms with Crippen molar-refractivity contribution in [1.29, 1.82) is 0 Å². The molecule has 0 unspecified atom stereocenters. The van der Waals surface area contributed by atoms with Crippen LogP contribution in [0.5, 0.6) is 0 Å². The molecular formula is C2Li2. The van der Waals surface area contributed by atoms with Crippen LogP contribution in [0.4, 0.5) is 0 Å². The summed E-state index contributed by atoms with van der Waals surface area (Å²) in [6, 6.07) is 0. The summed E-state index contributed by atoms with van der Waals surface area (Å²) in [4.78, 5) is 0. The van der Waals surface area contributed by atoms with Crippen molar-refractivity contribution in [3.8, 4) is 0 Å². The summed E-state index contributed by atoms with van der Waals surface area (Å²) in [6.45, 7) is 0. The van der Waals surface area contributed by atoms with Crippen LogP contribution in [-0.2, 0) is 0 Å². The van der Waals surface area contributed by atoms with Crippen LogP contribution >= 0.6 is 0 Å². The summed E-state index contributed by atoms with van der Waals surface area (Å²) < 4.78 is 0. The van der Waals surface area contributed by atoms with E-state index >= 15 is 0 Å². The zero-order valence-electron chi connectivity index (χ0n) is 3.00. The van der Waals surface area contributed by atoms with Crippen molar-refractivity contribution >= 4 is 0 Å². The maximum atomic E-state index is 5.00. The van der Waals surface area contributed by atoms with E-state index in [1.807, 2.05) is 0 Å². The molecule has 0 nitrogen and oxygen atoms in total. The summed E-state index contributed by atoms with van der Waals surface area (Å²) >= 11 is 0. The molecule has 0 N–H and O–H groups in total. The molecule has 0 aliphatic heterocycles. The smallest absolute Gasteiger partial charge is 1.00 e. The fraction of sp³-hybridized carbons (Fsp3) is 0. The van der Waals surface area contributed by atoms with Gasteiger partial charge in [0.2, 0.25) is 0 Å². The molecule has 0 saturated heterocycles. The number of rotatable bonds is 0. The Hall–Kier alpha value is 0.755. The summed E-state index contributed by atoms with van der Waals surface area (Å²) in [6.07, 6.45) is 10.0. The van der Waals surface area contributed by atoms with Crippen LogP contribution in [0, 0.1) is 12.8 Å². The molecule has 0 fully saturated rings. The van der Waals surface area contributed by atoms with Crippen LogP contribution in [-0.4, -0.2) is 0 Å². The van der Waals surface area contributed by atoms with Gasteiger partial charge in [0.25, 0.3) is 0 Å². The minimum atomic E-state index is 0. The first kappa shape index (κ1) is 21.8. The van der Waals surface area contributed by atoms with Crippen molar-refractivity contribution in [1.82, 2.24) is 0 Å². The molecule has 0 aliphatic carbocycles. The minimum Gasteiger partial charge on any atom is -1.00 e. The standard InChI is InChI=1S/C2.2Li/c1-2;;/q-2;2*+1. The molecule has 0 heterocycles. The molecule has 10 valence electrons. The van der Waals surface area contributed by atoms with Gasteiger partial charge in [0.1, 0.15) is 0 Å². The van der Waals surface area contributed by atoms with Gasteiger partial charge in [-0.15, -0.1) is 0 Å². The zero-order valence-corrected chi connectivity index (χ0v) is 3.00. The van der Waals surface area contributed by atoms with Gasteiger partial charge in [0.15, 0.2) is 0 Å². The van der Waals surface area contributed by atoms with Crippen LogP contribution < -0.4 is 37.7 Å². The predicted molar refractivity (Wildman–Crippen MR) is 6.49 cm³/mol. The summed E-state index contributed by atoms with van der Waals surface area (Å²) in [5, 5.41) is 0. The van der Waals surface area contributed by atoms with E-state index in [0.29, 0.717) is 0 Å². The fourth-order valence-corrected chi connectivity index (χ4v) is 0. The molecule has 0 saturated carbocycles. The first-order valence-corrected chi connectivity index (χ1v) is 0.250. The maximum Gasteiger partial charge on any atom is 1.00 e. The van der Waals surface area contributed by atoms with E-state index in [9.17, 15) is 0 Å². The normalized spacial score (nSPS) is 0.500. The molecule has 0 bridgehead atoms. The molecule has 2 heteroatoms. The Morgan fingerprint density at radius 3 is 0.750 bits per heavy atom. The van der Waals surface area contributed by atoms with E-state index in [4.69, 9.17) is 12.8 Å². The first-order chi connectivity index (χ1) is 1.00. The summed E-state index contributed by atoms with van der Waals surface area (Å²) in [5.41, 5.74) is 0. The second-order valence-electron chi connectivity index (χ2n) is 0. The SMILES string of the molecule is [C-]#[C-].[Li+].[Li+]. The van der Waals surface area contributed by atoms with Gasteiger partial charge < -0.3 is 12.8 Å². The van der Waals surface area contributed by atoms with E-state index in [2.05, 4.69) is 0 Å². The van der Waals surface area contributed by atoms with Crippen LogP contribution in [0.1, 0.15) is 0 Å². The quantitative estimate of drug-likeness (QED) is 0.143. The van der Waals surface area contributed by atoms with Gasteiger partial charge in [-0.3, -0.25) is 0 Å². The second kappa shape index (κ2) is 50.0. The van der Waals surface area contributed by atoms with Crippen molar-refractivity contribution in [2.75, 3.05) is 0 Å². The molecule has 0 spiro atoms. The largest absolute Gasteiger partial charge is 1.00 e. The van der Waals surface area contributed by atoms with Crippen molar-refractivity contribution in [3.63, 3.8) is 0 Å². The summed E-state index contributed by atoms with van der Waals surface area (Å²) in [5.74, 6) is 0. The molecule has 0 rings (SSSR count). The van der Waals surface area contributed by atoms with Gasteiger partial charge >= 0.3 is 37.7 Å². The third kappa shape index (κ3) is 14.9. The van der Waals surface area contributed by atoms with Crippen molar-refractivity contribution in [2.24, 2.45) is 0 Å². The third-order valence-electron chi connectivity index (χ3n) is 0.